The quantitative estimate of drug-likeness (QED) is 0.352. The normalized spacial score (nSPS) is 21.5. The van der Waals surface area contributed by atoms with E-state index in [-0.39, 0.29) is 30.2 Å². The molecule has 2 fully saturated rings. The number of carbonyl (C=O) groups is 4. The average molecular weight is 498 g/mol. The fraction of sp³-hybridized carbons (Fsp3) is 0.538. The SMILES string of the molecule is CC(C)C(NC(=O)C1CCCN1)C(=O)N1CCCC1C(=O)NC(Cc1c[nH]c2ccccc12)C(=O)O. The summed E-state index contributed by atoms with van der Waals surface area (Å²) in [4.78, 5) is 56.0. The van der Waals surface area contributed by atoms with Crippen LogP contribution in [0.15, 0.2) is 30.5 Å². The van der Waals surface area contributed by atoms with E-state index in [1.807, 2.05) is 38.1 Å². The molecule has 2 aliphatic heterocycles. The Morgan fingerprint density at radius 2 is 1.86 bits per heavy atom. The molecule has 2 saturated heterocycles. The summed E-state index contributed by atoms with van der Waals surface area (Å²) in [6, 6.07) is 4.61. The van der Waals surface area contributed by atoms with Crippen molar-refractivity contribution in [2.45, 2.75) is 70.1 Å². The number of para-hydroxylation sites is 1. The van der Waals surface area contributed by atoms with Gasteiger partial charge in [0.1, 0.15) is 18.1 Å². The molecule has 4 unspecified atom stereocenters. The lowest BCUT2D eigenvalue weighted by atomic mass is 10.0. The average Bonchev–Trinajstić information content (AvgIpc) is 3.62. The predicted molar refractivity (Wildman–Crippen MR) is 134 cm³/mol. The molecule has 2 aromatic rings. The van der Waals surface area contributed by atoms with Crippen LogP contribution >= 0.6 is 0 Å². The van der Waals surface area contributed by atoms with Gasteiger partial charge >= 0.3 is 5.97 Å². The number of fused-ring (bicyclic) bond motifs is 1. The first-order chi connectivity index (χ1) is 17.3. The number of rotatable bonds is 9. The summed E-state index contributed by atoms with van der Waals surface area (Å²) >= 11 is 0. The van der Waals surface area contributed by atoms with Gasteiger partial charge in [-0.1, -0.05) is 32.0 Å². The van der Waals surface area contributed by atoms with Crippen molar-refractivity contribution in [2.24, 2.45) is 5.92 Å². The molecule has 5 N–H and O–H groups in total. The lowest BCUT2D eigenvalue weighted by Gasteiger charge is -2.31. The molecular weight excluding hydrogens is 462 g/mol. The molecule has 0 radical (unpaired) electrons. The van der Waals surface area contributed by atoms with Gasteiger partial charge < -0.3 is 30.9 Å². The van der Waals surface area contributed by atoms with Gasteiger partial charge in [0.25, 0.3) is 0 Å². The number of carboxylic acids is 1. The van der Waals surface area contributed by atoms with Crippen LogP contribution in [-0.2, 0) is 25.6 Å². The molecule has 3 heterocycles. The predicted octanol–water partition coefficient (Wildman–Crippen LogP) is 1.16. The third kappa shape index (κ3) is 5.53. The fourth-order valence-electron chi connectivity index (χ4n) is 5.15. The third-order valence-corrected chi connectivity index (χ3v) is 7.16. The van der Waals surface area contributed by atoms with Crippen LogP contribution in [0.1, 0.15) is 45.1 Å². The number of amides is 3. The zero-order chi connectivity index (χ0) is 25.8. The first-order valence-corrected chi connectivity index (χ1v) is 12.7. The maximum absolute atomic E-state index is 13.5. The van der Waals surface area contributed by atoms with Crippen LogP contribution in [-0.4, -0.2) is 75.9 Å². The van der Waals surface area contributed by atoms with Crippen molar-refractivity contribution in [1.29, 1.82) is 0 Å². The van der Waals surface area contributed by atoms with Crippen LogP contribution in [0.25, 0.3) is 10.9 Å². The smallest absolute Gasteiger partial charge is 0.326 e. The van der Waals surface area contributed by atoms with E-state index >= 15 is 0 Å². The number of aromatic nitrogens is 1. The van der Waals surface area contributed by atoms with Crippen molar-refractivity contribution in [3.8, 4) is 0 Å². The minimum absolute atomic E-state index is 0.116. The van der Waals surface area contributed by atoms with Crippen molar-refractivity contribution in [1.82, 2.24) is 25.8 Å². The number of benzene rings is 1. The minimum atomic E-state index is -1.14. The van der Waals surface area contributed by atoms with Crippen molar-refractivity contribution >= 4 is 34.6 Å². The van der Waals surface area contributed by atoms with Gasteiger partial charge in [0.2, 0.25) is 17.7 Å². The summed E-state index contributed by atoms with van der Waals surface area (Å²) in [5.41, 5.74) is 1.69. The van der Waals surface area contributed by atoms with Crippen molar-refractivity contribution in [3.05, 3.63) is 36.0 Å². The van der Waals surface area contributed by atoms with E-state index in [0.29, 0.717) is 19.4 Å². The largest absolute Gasteiger partial charge is 0.480 e. The fourth-order valence-corrected chi connectivity index (χ4v) is 5.15. The van der Waals surface area contributed by atoms with Gasteiger partial charge in [-0.05, 0) is 49.8 Å². The maximum atomic E-state index is 13.5. The standard InChI is InChI=1S/C26H35N5O5/c1-15(2)22(30-23(32)19-9-5-11-27-19)25(34)31-12-6-10-21(31)24(33)29-20(26(35)36)13-16-14-28-18-8-4-3-7-17(16)18/h3-4,7-8,14-15,19-22,27-28H,5-6,9-13H2,1-2H3,(H,29,33)(H,30,32)(H,35,36). The Morgan fingerprint density at radius 3 is 2.56 bits per heavy atom. The second-order valence-electron chi connectivity index (χ2n) is 10.0. The third-order valence-electron chi connectivity index (χ3n) is 7.16. The Balaban J connectivity index is 1.44. The van der Waals surface area contributed by atoms with E-state index in [2.05, 4.69) is 20.9 Å². The molecule has 4 rings (SSSR count). The van der Waals surface area contributed by atoms with Crippen LogP contribution in [0.3, 0.4) is 0 Å². The summed E-state index contributed by atoms with van der Waals surface area (Å²) in [6.45, 7) is 4.88. The highest BCUT2D eigenvalue weighted by Gasteiger charge is 2.40. The summed E-state index contributed by atoms with van der Waals surface area (Å²) in [5.74, 6) is -2.30. The molecule has 0 aliphatic carbocycles. The molecule has 36 heavy (non-hydrogen) atoms. The molecule has 0 bridgehead atoms. The van der Waals surface area contributed by atoms with Crippen LogP contribution in [0.4, 0.5) is 0 Å². The number of nitrogens with zero attached hydrogens (tertiary/aromatic N) is 1. The molecule has 0 spiro atoms. The second kappa shape index (κ2) is 11.1. The second-order valence-corrected chi connectivity index (χ2v) is 10.0. The first-order valence-electron chi connectivity index (χ1n) is 12.7. The highest BCUT2D eigenvalue weighted by Crippen LogP contribution is 2.22. The Kier molecular flexibility index (Phi) is 7.93. The van der Waals surface area contributed by atoms with Gasteiger partial charge in [-0.25, -0.2) is 4.79 Å². The van der Waals surface area contributed by atoms with E-state index in [0.717, 1.165) is 35.9 Å². The van der Waals surface area contributed by atoms with Gasteiger partial charge in [-0.2, -0.15) is 0 Å². The summed E-state index contributed by atoms with van der Waals surface area (Å²) in [7, 11) is 0. The number of nitrogens with one attached hydrogen (secondary N) is 4. The lowest BCUT2D eigenvalue weighted by Crippen LogP contribution is -2.58. The molecule has 2 aliphatic rings. The number of aromatic amines is 1. The van der Waals surface area contributed by atoms with Crippen LogP contribution < -0.4 is 16.0 Å². The van der Waals surface area contributed by atoms with E-state index in [9.17, 15) is 24.3 Å². The van der Waals surface area contributed by atoms with E-state index in [1.54, 1.807) is 6.20 Å². The van der Waals surface area contributed by atoms with Gasteiger partial charge in [-0.3, -0.25) is 14.4 Å². The molecular formula is C26H35N5O5. The number of likely N-dealkylation sites (tertiary alicyclic amines) is 1. The van der Waals surface area contributed by atoms with E-state index < -0.39 is 30.0 Å². The number of carbonyl (C=O) groups excluding carboxylic acids is 3. The molecule has 3 amide bonds. The van der Waals surface area contributed by atoms with E-state index in [1.165, 1.54) is 4.90 Å². The molecule has 0 saturated carbocycles. The number of hydrogen-bond donors (Lipinski definition) is 5. The van der Waals surface area contributed by atoms with Gasteiger partial charge in [-0.15, -0.1) is 0 Å². The minimum Gasteiger partial charge on any atom is -0.480 e. The number of carboxylic acid groups (broad SMARTS) is 1. The van der Waals surface area contributed by atoms with Crippen LogP contribution in [0, 0.1) is 5.92 Å². The summed E-state index contributed by atoms with van der Waals surface area (Å²) in [5, 5.41) is 19.4. The molecule has 10 nitrogen and oxygen atoms in total. The summed E-state index contributed by atoms with van der Waals surface area (Å²) < 4.78 is 0. The molecule has 1 aromatic heterocycles. The first kappa shape index (κ1) is 25.7. The molecule has 194 valence electrons. The Labute approximate surface area is 210 Å². The highest BCUT2D eigenvalue weighted by atomic mass is 16.4. The van der Waals surface area contributed by atoms with Crippen molar-refractivity contribution < 1.29 is 24.3 Å². The van der Waals surface area contributed by atoms with Crippen LogP contribution in [0.5, 0.6) is 0 Å². The maximum Gasteiger partial charge on any atom is 0.326 e. The van der Waals surface area contributed by atoms with Gasteiger partial charge in [0.15, 0.2) is 0 Å². The zero-order valence-corrected chi connectivity index (χ0v) is 20.8. The van der Waals surface area contributed by atoms with Gasteiger partial charge in [0, 0.05) is 30.1 Å². The van der Waals surface area contributed by atoms with Gasteiger partial charge in [0.05, 0.1) is 6.04 Å². The van der Waals surface area contributed by atoms with Crippen LogP contribution in [0.2, 0.25) is 0 Å². The Bertz CT molecular complexity index is 1120. The monoisotopic (exact) mass is 497 g/mol. The van der Waals surface area contributed by atoms with Crippen molar-refractivity contribution in [2.75, 3.05) is 13.1 Å². The Hall–Kier alpha value is -3.40. The molecule has 1 aromatic carbocycles. The lowest BCUT2D eigenvalue weighted by molar-refractivity contribution is -0.145. The zero-order valence-electron chi connectivity index (χ0n) is 20.8. The molecule has 4 atom stereocenters. The Morgan fingerprint density at radius 1 is 1.08 bits per heavy atom. The summed E-state index contributed by atoms with van der Waals surface area (Å²) in [6.07, 6.45) is 4.59. The number of aliphatic carboxylic acids is 1. The molecule has 10 heteroatoms. The van der Waals surface area contributed by atoms with Crippen molar-refractivity contribution in [3.63, 3.8) is 0 Å². The highest BCUT2D eigenvalue weighted by molar-refractivity contribution is 5.95. The topological polar surface area (TPSA) is 144 Å². The number of H-pyrrole nitrogens is 1. The van der Waals surface area contributed by atoms with E-state index in [4.69, 9.17) is 0 Å². The number of hydrogen-bond acceptors (Lipinski definition) is 5.